The first-order valence-corrected chi connectivity index (χ1v) is 16.7. The number of aromatic nitrogens is 3. The van der Waals surface area contributed by atoms with E-state index in [0.29, 0.717) is 37.8 Å². The van der Waals surface area contributed by atoms with Crippen molar-refractivity contribution in [1.82, 2.24) is 29.5 Å². The number of phenols is 1. The van der Waals surface area contributed by atoms with Crippen molar-refractivity contribution in [3.8, 4) is 17.1 Å². The molecule has 3 aromatic rings. The summed E-state index contributed by atoms with van der Waals surface area (Å²) < 4.78 is 48.1. The first kappa shape index (κ1) is 33.8. The Labute approximate surface area is 280 Å². The summed E-state index contributed by atoms with van der Waals surface area (Å²) in [6.07, 6.45) is -2.84. The van der Waals surface area contributed by atoms with Gasteiger partial charge in [0.25, 0.3) is 5.91 Å². The lowest BCUT2D eigenvalue weighted by Gasteiger charge is -2.38. The number of nitrogens with zero attached hydrogens (tertiary/aromatic N) is 5. The quantitative estimate of drug-likeness (QED) is 0.354. The van der Waals surface area contributed by atoms with Crippen LogP contribution in [0, 0.1) is 0 Å². The Bertz CT molecular complexity index is 1660. The van der Waals surface area contributed by atoms with Crippen LogP contribution in [0.1, 0.15) is 55.7 Å². The van der Waals surface area contributed by atoms with Crippen molar-refractivity contribution in [2.24, 2.45) is 0 Å². The molecule has 1 atom stereocenters. The number of aromatic amines is 1. The molecule has 3 saturated heterocycles. The van der Waals surface area contributed by atoms with Crippen LogP contribution in [-0.2, 0) is 22.1 Å². The average Bonchev–Trinajstić information content (AvgIpc) is 3.76. The summed E-state index contributed by atoms with van der Waals surface area (Å²) >= 11 is 5.96. The van der Waals surface area contributed by atoms with E-state index < -0.39 is 40.6 Å². The van der Waals surface area contributed by atoms with Crippen LogP contribution in [0.4, 0.5) is 18.0 Å². The van der Waals surface area contributed by atoms with Crippen molar-refractivity contribution in [2.45, 2.75) is 69.3 Å². The van der Waals surface area contributed by atoms with Gasteiger partial charge in [-0.2, -0.15) is 13.2 Å². The molecule has 2 amide bonds. The predicted molar refractivity (Wildman–Crippen MR) is 171 cm³/mol. The number of ether oxygens (including phenoxy) is 1. The van der Waals surface area contributed by atoms with Gasteiger partial charge in [-0.3, -0.25) is 9.78 Å². The first-order chi connectivity index (χ1) is 23.0. The number of likely N-dealkylation sites (tertiary alicyclic amines) is 3. The van der Waals surface area contributed by atoms with E-state index in [4.69, 9.17) is 16.3 Å². The van der Waals surface area contributed by atoms with Gasteiger partial charge in [0.05, 0.1) is 16.6 Å². The van der Waals surface area contributed by atoms with E-state index in [2.05, 4.69) is 15.0 Å². The lowest BCUT2D eigenvalue weighted by molar-refractivity contribution is -0.142. The van der Waals surface area contributed by atoms with Crippen LogP contribution in [0.15, 0.2) is 47.3 Å². The van der Waals surface area contributed by atoms with Crippen LogP contribution in [0.2, 0.25) is 5.02 Å². The highest BCUT2D eigenvalue weighted by Gasteiger charge is 2.38. The topological polar surface area (TPSA) is 124 Å². The Morgan fingerprint density at radius 3 is 2.23 bits per heavy atom. The second-order valence-electron chi connectivity index (χ2n) is 12.7. The fourth-order valence-corrected chi connectivity index (χ4v) is 7.19. The van der Waals surface area contributed by atoms with Crippen molar-refractivity contribution in [3.63, 3.8) is 0 Å². The minimum atomic E-state index is -4.89. The van der Waals surface area contributed by atoms with E-state index in [1.807, 2.05) is 30.3 Å². The van der Waals surface area contributed by atoms with Gasteiger partial charge < -0.3 is 24.5 Å². The average molecular weight is 691 g/mol. The number of H-pyrrole nitrogens is 1. The largest absolute Gasteiger partial charge is 0.506 e. The minimum Gasteiger partial charge on any atom is -0.506 e. The van der Waals surface area contributed by atoms with Crippen LogP contribution < -0.4 is 5.69 Å². The van der Waals surface area contributed by atoms with Gasteiger partial charge in [-0.1, -0.05) is 41.9 Å². The maximum absolute atomic E-state index is 13.8. The Morgan fingerprint density at radius 2 is 1.58 bits per heavy atom. The molecule has 3 fully saturated rings. The summed E-state index contributed by atoms with van der Waals surface area (Å²) in [5.41, 5.74) is -0.934. The zero-order valence-electron chi connectivity index (χ0n) is 26.3. The third-order valence-electron chi connectivity index (χ3n) is 9.56. The highest BCUT2D eigenvalue weighted by molar-refractivity contribution is 6.32. The van der Waals surface area contributed by atoms with Crippen molar-refractivity contribution in [2.75, 3.05) is 39.3 Å². The number of carbonyl (C=O) groups is 2. The summed E-state index contributed by atoms with van der Waals surface area (Å²) in [6, 6.07) is 11.2. The molecule has 258 valence electrons. The van der Waals surface area contributed by atoms with Crippen LogP contribution in [0.5, 0.6) is 5.75 Å². The number of nitrogens with one attached hydrogen (secondary N) is 1. The number of hydrogen-bond acceptors (Lipinski definition) is 7. The van der Waals surface area contributed by atoms with Crippen molar-refractivity contribution < 1.29 is 32.6 Å². The second kappa shape index (κ2) is 14.2. The SMILES string of the molecule is O=C(O[C@H](Cc1cc(Cl)c(O)c(C(F)(F)F)c1)C(=O)N1CCC(N2CCCC2)CC1)N1CCC(n2nc(-c3ccccc3)[nH]c2=O)CC1. The summed E-state index contributed by atoms with van der Waals surface area (Å²) in [5.74, 6) is -1.16. The molecular formula is C33H38ClF3N6O5. The predicted octanol–water partition coefficient (Wildman–Crippen LogP) is 5.09. The maximum atomic E-state index is 13.8. The molecule has 48 heavy (non-hydrogen) atoms. The first-order valence-electron chi connectivity index (χ1n) is 16.3. The van der Waals surface area contributed by atoms with Crippen LogP contribution >= 0.6 is 11.6 Å². The number of carbonyl (C=O) groups excluding carboxylic acids is 2. The van der Waals surface area contributed by atoms with Gasteiger partial charge in [0.15, 0.2) is 11.9 Å². The third-order valence-corrected chi connectivity index (χ3v) is 9.85. The molecule has 2 N–H and O–H groups in total. The van der Waals surface area contributed by atoms with E-state index in [9.17, 15) is 32.7 Å². The molecule has 6 rings (SSSR count). The van der Waals surface area contributed by atoms with E-state index in [1.54, 1.807) is 4.90 Å². The van der Waals surface area contributed by atoms with Gasteiger partial charge in [0, 0.05) is 44.2 Å². The number of hydrogen-bond donors (Lipinski definition) is 2. The van der Waals surface area contributed by atoms with Gasteiger partial charge in [-0.25, -0.2) is 14.3 Å². The third kappa shape index (κ3) is 7.49. The van der Waals surface area contributed by atoms with Gasteiger partial charge in [0.1, 0.15) is 5.75 Å². The highest BCUT2D eigenvalue weighted by atomic mass is 35.5. The van der Waals surface area contributed by atoms with Gasteiger partial charge in [-0.15, -0.1) is 5.10 Å². The molecule has 0 radical (unpaired) electrons. The van der Waals surface area contributed by atoms with Crippen molar-refractivity contribution in [3.05, 3.63) is 69.1 Å². The Hall–Kier alpha value is -4.04. The van der Waals surface area contributed by atoms with Crippen LogP contribution in [0.3, 0.4) is 0 Å². The molecule has 0 aliphatic carbocycles. The molecule has 0 saturated carbocycles. The number of aromatic hydroxyl groups is 1. The number of rotatable bonds is 7. The molecule has 3 aliphatic rings. The zero-order valence-corrected chi connectivity index (χ0v) is 27.0. The number of piperidine rings is 2. The Balaban J connectivity index is 1.15. The minimum absolute atomic E-state index is 0.00550. The fraction of sp³-hybridized carbons (Fsp3) is 0.515. The van der Waals surface area contributed by atoms with E-state index in [-0.39, 0.29) is 36.8 Å². The van der Waals surface area contributed by atoms with E-state index in [0.717, 1.165) is 56.5 Å². The van der Waals surface area contributed by atoms with Gasteiger partial charge in [-0.05, 0) is 69.3 Å². The Kier molecular flexibility index (Phi) is 10.0. The number of halogens is 4. The summed E-state index contributed by atoms with van der Waals surface area (Å²) in [7, 11) is 0. The number of amides is 2. The second-order valence-corrected chi connectivity index (χ2v) is 13.1. The number of phenolic OH excluding ortho intramolecular Hbond substituents is 1. The normalized spacial score (nSPS) is 19.1. The summed E-state index contributed by atoms with van der Waals surface area (Å²) in [4.78, 5) is 48.2. The molecule has 0 spiro atoms. The lowest BCUT2D eigenvalue weighted by atomic mass is 10.00. The summed E-state index contributed by atoms with van der Waals surface area (Å²) in [5, 5.41) is 13.9. The Morgan fingerprint density at radius 1 is 0.958 bits per heavy atom. The fourth-order valence-electron chi connectivity index (χ4n) is 6.94. The smallest absolute Gasteiger partial charge is 0.420 e. The maximum Gasteiger partial charge on any atom is 0.420 e. The van der Waals surface area contributed by atoms with Crippen molar-refractivity contribution >= 4 is 23.6 Å². The molecule has 0 unspecified atom stereocenters. The lowest BCUT2D eigenvalue weighted by Crippen LogP contribution is -2.51. The highest BCUT2D eigenvalue weighted by Crippen LogP contribution is 2.40. The molecule has 1 aromatic heterocycles. The van der Waals surface area contributed by atoms with Crippen LogP contribution in [0.25, 0.3) is 11.4 Å². The number of alkyl halides is 3. The molecule has 15 heteroatoms. The van der Waals surface area contributed by atoms with Gasteiger partial charge in [0.2, 0.25) is 0 Å². The summed E-state index contributed by atoms with van der Waals surface area (Å²) in [6.45, 7) is 3.37. The van der Waals surface area contributed by atoms with Gasteiger partial charge >= 0.3 is 18.0 Å². The van der Waals surface area contributed by atoms with E-state index >= 15 is 0 Å². The molecule has 3 aliphatic heterocycles. The molecule has 11 nitrogen and oxygen atoms in total. The molecular weight excluding hydrogens is 653 g/mol. The standard InChI is InChI=1S/C33H38ClF3N6O5/c34-26-19-21(18-25(28(26)44)33(35,36)37)20-27(30(45)41-14-8-23(9-15-41)40-12-4-5-13-40)48-32(47)42-16-10-24(11-17-42)43-31(46)38-29(39-43)22-6-2-1-3-7-22/h1-3,6-7,18-19,23-24,27,44H,4-5,8-17,20H2,(H,38,39,46)/t27-/m1/s1. The molecule has 0 bridgehead atoms. The monoisotopic (exact) mass is 690 g/mol. The van der Waals surface area contributed by atoms with E-state index in [1.165, 1.54) is 9.58 Å². The zero-order chi connectivity index (χ0) is 34.0. The molecule has 4 heterocycles. The number of benzene rings is 2. The van der Waals surface area contributed by atoms with Crippen LogP contribution in [-0.4, -0.2) is 98.0 Å². The molecule has 2 aromatic carbocycles. The van der Waals surface area contributed by atoms with Crippen molar-refractivity contribution in [1.29, 1.82) is 0 Å².